The van der Waals surface area contributed by atoms with Crippen LogP contribution >= 0.6 is 0 Å². The number of likely N-dealkylation sites (tertiary alicyclic amines) is 2. The maximum absolute atomic E-state index is 13.1. The lowest BCUT2D eigenvalue weighted by Crippen LogP contribution is -2.48. The Labute approximate surface area is 174 Å². The number of fused-ring (bicyclic) bond motifs is 2. The van der Waals surface area contributed by atoms with Gasteiger partial charge in [0.1, 0.15) is 0 Å². The highest BCUT2D eigenvalue weighted by molar-refractivity contribution is 5.91. The lowest BCUT2D eigenvalue weighted by atomic mass is 9.77. The molecule has 0 aromatic carbocycles. The lowest BCUT2D eigenvalue weighted by Gasteiger charge is -2.40. The quantitative estimate of drug-likeness (QED) is 0.676. The number of aliphatic hydroxyl groups excluding tert-OH is 1. The first kappa shape index (κ1) is 20.7. The van der Waals surface area contributed by atoms with Crippen molar-refractivity contribution in [2.24, 2.45) is 11.8 Å². The van der Waals surface area contributed by atoms with Crippen LogP contribution in [0.15, 0.2) is 12.3 Å². The van der Waals surface area contributed by atoms with Crippen LogP contribution in [0.5, 0.6) is 0 Å². The van der Waals surface area contributed by atoms with Crippen molar-refractivity contribution in [2.45, 2.75) is 44.8 Å². The highest BCUT2D eigenvalue weighted by Gasteiger charge is 2.45. The predicted octanol–water partition coefficient (Wildman–Crippen LogP) is 0.441. The summed E-state index contributed by atoms with van der Waals surface area (Å²) in [7, 11) is 0. The molecule has 4 atom stereocenters. The van der Waals surface area contributed by atoms with Crippen molar-refractivity contribution in [2.75, 3.05) is 26.2 Å². The third-order valence-electron chi connectivity index (χ3n) is 6.62. The molecule has 0 spiro atoms. The standard InChI is InChI=1S/C19H26N6O2.CH2O2/c1-12-4-7-25-17(21-22-19(25)20-12)18(27)24-10-13-8-15(23-5-2-3-6-23)16(26)9-14(13)11-24;2-1-3/h4,7,13-16,26H,2-3,5-6,8-11H2,1H3;1H,(H,2,3)/t13-,14+,15-,16-;/m1./s1. The van der Waals surface area contributed by atoms with Crippen molar-refractivity contribution in [1.82, 2.24) is 29.4 Å². The van der Waals surface area contributed by atoms with Crippen LogP contribution in [0.1, 0.15) is 42.0 Å². The lowest BCUT2D eigenvalue weighted by molar-refractivity contribution is -0.122. The van der Waals surface area contributed by atoms with Crippen LogP contribution in [-0.2, 0) is 4.79 Å². The van der Waals surface area contributed by atoms with Gasteiger partial charge in [-0.3, -0.25) is 18.9 Å². The average molecular weight is 416 g/mol. The maximum Gasteiger partial charge on any atom is 0.292 e. The normalized spacial score (nSPS) is 28.8. The zero-order valence-corrected chi connectivity index (χ0v) is 17.1. The van der Waals surface area contributed by atoms with Gasteiger partial charge in [0.15, 0.2) is 0 Å². The minimum Gasteiger partial charge on any atom is -0.483 e. The Kier molecular flexibility index (Phi) is 5.96. The van der Waals surface area contributed by atoms with Gasteiger partial charge < -0.3 is 15.1 Å². The van der Waals surface area contributed by atoms with E-state index in [4.69, 9.17) is 9.90 Å². The van der Waals surface area contributed by atoms with Gasteiger partial charge in [0.25, 0.3) is 18.2 Å². The largest absolute Gasteiger partial charge is 0.483 e. The van der Waals surface area contributed by atoms with Crippen molar-refractivity contribution >= 4 is 18.2 Å². The van der Waals surface area contributed by atoms with Crippen molar-refractivity contribution in [1.29, 1.82) is 0 Å². The second-order valence-corrected chi connectivity index (χ2v) is 8.45. The van der Waals surface area contributed by atoms with E-state index in [0.29, 0.717) is 30.0 Å². The van der Waals surface area contributed by atoms with Crippen LogP contribution in [0.3, 0.4) is 0 Å². The molecule has 2 aromatic heterocycles. The number of aryl methyl sites for hydroxylation is 1. The van der Waals surface area contributed by atoms with E-state index in [0.717, 1.165) is 38.2 Å². The molecule has 10 nitrogen and oxygen atoms in total. The summed E-state index contributed by atoms with van der Waals surface area (Å²) in [5, 5.41) is 25.7. The van der Waals surface area contributed by atoms with Gasteiger partial charge in [-0.25, -0.2) is 4.98 Å². The molecular weight excluding hydrogens is 388 g/mol. The number of aliphatic hydroxyl groups is 1. The van der Waals surface area contributed by atoms with E-state index in [9.17, 15) is 9.90 Å². The molecule has 3 aliphatic rings. The zero-order valence-electron chi connectivity index (χ0n) is 17.1. The molecule has 10 heteroatoms. The van der Waals surface area contributed by atoms with Crippen LogP contribution in [0.4, 0.5) is 0 Å². The smallest absolute Gasteiger partial charge is 0.292 e. The Bertz CT molecular complexity index is 912. The van der Waals surface area contributed by atoms with Crippen LogP contribution < -0.4 is 0 Å². The van der Waals surface area contributed by atoms with Gasteiger partial charge in [-0.1, -0.05) is 0 Å². The monoisotopic (exact) mass is 416 g/mol. The molecule has 1 amide bonds. The molecule has 162 valence electrons. The Hall–Kier alpha value is -2.59. The molecule has 0 bridgehead atoms. The van der Waals surface area contributed by atoms with Crippen molar-refractivity contribution in [3.05, 3.63) is 23.8 Å². The van der Waals surface area contributed by atoms with Gasteiger partial charge >= 0.3 is 0 Å². The molecule has 5 rings (SSSR count). The summed E-state index contributed by atoms with van der Waals surface area (Å²) >= 11 is 0. The molecule has 2 aromatic rings. The number of aromatic nitrogens is 4. The van der Waals surface area contributed by atoms with Crippen LogP contribution in [-0.4, -0.2) is 90.3 Å². The first-order valence-electron chi connectivity index (χ1n) is 10.5. The Morgan fingerprint density at radius 2 is 1.83 bits per heavy atom. The van der Waals surface area contributed by atoms with E-state index >= 15 is 0 Å². The summed E-state index contributed by atoms with van der Waals surface area (Å²) in [6.07, 6.45) is 5.76. The molecule has 2 aliphatic heterocycles. The molecule has 3 fully saturated rings. The molecule has 1 saturated carbocycles. The maximum atomic E-state index is 13.1. The van der Waals surface area contributed by atoms with Gasteiger partial charge in [-0.2, -0.15) is 0 Å². The first-order chi connectivity index (χ1) is 14.5. The van der Waals surface area contributed by atoms with Gasteiger partial charge in [-0.05, 0) is 63.6 Å². The number of hydrogen-bond acceptors (Lipinski definition) is 7. The summed E-state index contributed by atoms with van der Waals surface area (Å²) in [4.78, 5) is 30.1. The third-order valence-corrected chi connectivity index (χ3v) is 6.62. The van der Waals surface area contributed by atoms with E-state index in [1.165, 1.54) is 12.8 Å². The van der Waals surface area contributed by atoms with Crippen molar-refractivity contribution in [3.63, 3.8) is 0 Å². The Morgan fingerprint density at radius 1 is 1.17 bits per heavy atom. The molecule has 1 aliphatic carbocycles. The van der Waals surface area contributed by atoms with Crippen LogP contribution in [0.2, 0.25) is 0 Å². The minimum absolute atomic E-state index is 0.0882. The topological polar surface area (TPSA) is 124 Å². The number of carbonyl (C=O) groups is 2. The minimum atomic E-state index is -0.277. The van der Waals surface area contributed by atoms with E-state index < -0.39 is 0 Å². The van der Waals surface area contributed by atoms with Gasteiger partial charge in [-0.15, -0.1) is 10.2 Å². The van der Waals surface area contributed by atoms with Crippen LogP contribution in [0.25, 0.3) is 5.78 Å². The van der Waals surface area contributed by atoms with Crippen LogP contribution in [0, 0.1) is 18.8 Å². The average Bonchev–Trinajstić information content (AvgIpc) is 3.46. The SMILES string of the molecule is Cc1ccn2c(C(=O)N3C[C@H]4C[C@@H](N5CCCC5)[C@H](O)C[C@H]4C3)nnc2n1.O=CO. The fraction of sp³-hybridized carbons (Fsp3) is 0.650. The summed E-state index contributed by atoms with van der Waals surface area (Å²) < 4.78 is 1.67. The second kappa shape index (κ2) is 8.65. The summed E-state index contributed by atoms with van der Waals surface area (Å²) in [5.74, 6) is 1.53. The highest BCUT2D eigenvalue weighted by atomic mass is 16.3. The molecule has 4 heterocycles. The Morgan fingerprint density at radius 3 is 2.53 bits per heavy atom. The number of carboxylic acid groups (broad SMARTS) is 1. The van der Waals surface area contributed by atoms with E-state index in [-0.39, 0.29) is 24.5 Å². The number of hydrogen-bond donors (Lipinski definition) is 2. The highest BCUT2D eigenvalue weighted by Crippen LogP contribution is 2.39. The summed E-state index contributed by atoms with van der Waals surface area (Å²) in [6, 6.07) is 2.11. The van der Waals surface area contributed by atoms with E-state index in [1.807, 2.05) is 17.9 Å². The number of rotatable bonds is 2. The summed E-state index contributed by atoms with van der Waals surface area (Å²) in [5.41, 5.74) is 0.850. The number of nitrogens with zero attached hydrogens (tertiary/aromatic N) is 6. The molecule has 0 unspecified atom stereocenters. The first-order valence-corrected chi connectivity index (χ1v) is 10.5. The molecule has 0 radical (unpaired) electrons. The fourth-order valence-corrected chi connectivity index (χ4v) is 5.20. The summed E-state index contributed by atoms with van der Waals surface area (Å²) in [6.45, 7) is 5.28. The van der Waals surface area contributed by atoms with E-state index in [1.54, 1.807) is 10.6 Å². The number of carbonyl (C=O) groups excluding carboxylic acids is 1. The molecule has 2 N–H and O–H groups in total. The van der Waals surface area contributed by atoms with Gasteiger partial charge in [0.2, 0.25) is 5.82 Å². The predicted molar refractivity (Wildman–Crippen MR) is 107 cm³/mol. The third kappa shape index (κ3) is 3.89. The molecule has 30 heavy (non-hydrogen) atoms. The van der Waals surface area contributed by atoms with Crippen molar-refractivity contribution < 1.29 is 19.8 Å². The Balaban J connectivity index is 0.000000687. The van der Waals surface area contributed by atoms with E-state index in [2.05, 4.69) is 20.1 Å². The van der Waals surface area contributed by atoms with Gasteiger partial charge in [0.05, 0.1) is 6.10 Å². The van der Waals surface area contributed by atoms with Gasteiger partial charge in [0, 0.05) is 31.0 Å². The molecular formula is C20H28N6O4. The zero-order chi connectivity index (χ0) is 21.3. The molecule has 2 saturated heterocycles. The fourth-order valence-electron chi connectivity index (χ4n) is 5.20. The van der Waals surface area contributed by atoms with Crippen molar-refractivity contribution in [3.8, 4) is 0 Å². The second-order valence-electron chi connectivity index (χ2n) is 8.45. The number of amides is 1.